The molecule has 2 rings (SSSR count). The van der Waals surface area contributed by atoms with E-state index in [4.69, 9.17) is 12.2 Å². The molecule has 126 valence electrons. The van der Waals surface area contributed by atoms with Gasteiger partial charge in [0.05, 0.1) is 5.69 Å². The van der Waals surface area contributed by atoms with Crippen molar-refractivity contribution in [2.75, 3.05) is 5.32 Å². The summed E-state index contributed by atoms with van der Waals surface area (Å²) in [6.45, 7) is 6.19. The zero-order valence-corrected chi connectivity index (χ0v) is 14.9. The summed E-state index contributed by atoms with van der Waals surface area (Å²) in [7, 11) is 0. The molecule has 0 saturated carbocycles. The van der Waals surface area contributed by atoms with Gasteiger partial charge in [-0.1, -0.05) is 37.6 Å². The Hall–Kier alpha value is -2.40. The average molecular weight is 342 g/mol. The maximum absolute atomic E-state index is 12.2. The highest BCUT2D eigenvalue weighted by Crippen LogP contribution is 2.29. The molecule has 0 spiro atoms. The summed E-state index contributed by atoms with van der Waals surface area (Å²) in [6.07, 6.45) is 0.999. The van der Waals surface area contributed by atoms with Gasteiger partial charge in [-0.25, -0.2) is 0 Å². The fourth-order valence-electron chi connectivity index (χ4n) is 2.23. The summed E-state index contributed by atoms with van der Waals surface area (Å²) < 4.78 is 0. The SMILES string of the molecule is CC[C@H](C)c1ccc(O)c(NC(=S)NC(=O)c2ccc(C)cc2)c1. The molecule has 0 aliphatic heterocycles. The van der Waals surface area contributed by atoms with Gasteiger partial charge in [-0.3, -0.25) is 10.1 Å². The lowest BCUT2D eigenvalue weighted by Crippen LogP contribution is -2.34. The van der Waals surface area contributed by atoms with E-state index in [0.29, 0.717) is 17.2 Å². The molecule has 1 atom stereocenters. The van der Waals surface area contributed by atoms with Crippen LogP contribution in [0.3, 0.4) is 0 Å². The molecule has 0 unspecified atom stereocenters. The Bertz CT molecular complexity index is 742. The van der Waals surface area contributed by atoms with Gasteiger partial charge < -0.3 is 10.4 Å². The van der Waals surface area contributed by atoms with E-state index in [0.717, 1.165) is 17.5 Å². The molecule has 0 aliphatic rings. The van der Waals surface area contributed by atoms with Crippen molar-refractivity contribution in [1.82, 2.24) is 5.32 Å². The van der Waals surface area contributed by atoms with Crippen molar-refractivity contribution in [2.24, 2.45) is 0 Å². The number of aryl methyl sites for hydroxylation is 1. The third-order valence-corrected chi connectivity index (χ3v) is 4.20. The van der Waals surface area contributed by atoms with Gasteiger partial charge in [-0.05, 0) is 61.3 Å². The molecule has 2 aromatic rings. The van der Waals surface area contributed by atoms with E-state index in [1.54, 1.807) is 18.2 Å². The lowest BCUT2D eigenvalue weighted by molar-refractivity contribution is 0.0977. The molecular weight excluding hydrogens is 320 g/mol. The summed E-state index contributed by atoms with van der Waals surface area (Å²) in [5.41, 5.74) is 3.20. The Morgan fingerprint density at radius 3 is 2.50 bits per heavy atom. The van der Waals surface area contributed by atoms with E-state index in [2.05, 4.69) is 24.5 Å². The van der Waals surface area contributed by atoms with Gasteiger partial charge in [-0.15, -0.1) is 0 Å². The van der Waals surface area contributed by atoms with E-state index in [-0.39, 0.29) is 16.8 Å². The Morgan fingerprint density at radius 1 is 1.21 bits per heavy atom. The fraction of sp³-hybridized carbons (Fsp3) is 0.263. The van der Waals surface area contributed by atoms with Gasteiger partial charge in [0.15, 0.2) is 5.11 Å². The fourth-order valence-corrected chi connectivity index (χ4v) is 2.43. The Kier molecular flexibility index (Phi) is 5.93. The van der Waals surface area contributed by atoms with Gasteiger partial charge >= 0.3 is 0 Å². The van der Waals surface area contributed by atoms with E-state index < -0.39 is 0 Å². The number of hydrogen-bond acceptors (Lipinski definition) is 3. The first-order valence-electron chi connectivity index (χ1n) is 7.92. The number of benzene rings is 2. The Balaban J connectivity index is 2.06. The first-order valence-corrected chi connectivity index (χ1v) is 8.33. The lowest BCUT2D eigenvalue weighted by atomic mass is 9.98. The van der Waals surface area contributed by atoms with Gasteiger partial charge in [0.1, 0.15) is 5.75 Å². The van der Waals surface area contributed by atoms with Crippen molar-refractivity contribution in [3.05, 3.63) is 59.2 Å². The summed E-state index contributed by atoms with van der Waals surface area (Å²) in [5, 5.41) is 15.7. The first kappa shape index (κ1) is 17.9. The largest absolute Gasteiger partial charge is 0.506 e. The van der Waals surface area contributed by atoms with Crippen LogP contribution in [-0.2, 0) is 0 Å². The highest BCUT2D eigenvalue weighted by molar-refractivity contribution is 7.80. The molecule has 0 heterocycles. The van der Waals surface area contributed by atoms with E-state index in [1.165, 1.54) is 0 Å². The number of carbonyl (C=O) groups excluding carboxylic acids is 1. The second-order valence-corrected chi connectivity index (χ2v) is 6.27. The minimum Gasteiger partial charge on any atom is -0.506 e. The minimum atomic E-state index is -0.287. The van der Waals surface area contributed by atoms with Crippen LogP contribution in [-0.4, -0.2) is 16.1 Å². The number of rotatable bonds is 4. The van der Waals surface area contributed by atoms with Crippen molar-refractivity contribution in [2.45, 2.75) is 33.1 Å². The zero-order chi connectivity index (χ0) is 17.7. The Morgan fingerprint density at radius 2 is 1.88 bits per heavy atom. The van der Waals surface area contributed by atoms with Crippen LogP contribution in [0.4, 0.5) is 5.69 Å². The van der Waals surface area contributed by atoms with Crippen LogP contribution in [0.1, 0.15) is 47.7 Å². The summed E-state index contributed by atoms with van der Waals surface area (Å²) in [5.74, 6) is 0.181. The topological polar surface area (TPSA) is 61.4 Å². The summed E-state index contributed by atoms with van der Waals surface area (Å²) in [6, 6.07) is 12.6. The number of anilines is 1. The minimum absolute atomic E-state index is 0.0917. The number of carbonyl (C=O) groups is 1. The van der Waals surface area contributed by atoms with Crippen molar-refractivity contribution in [3.8, 4) is 5.75 Å². The molecule has 0 aromatic heterocycles. The number of amides is 1. The van der Waals surface area contributed by atoms with Gasteiger partial charge in [0, 0.05) is 5.56 Å². The molecule has 0 fully saturated rings. The molecule has 4 nitrogen and oxygen atoms in total. The second kappa shape index (κ2) is 7.93. The predicted octanol–water partition coefficient (Wildman–Crippen LogP) is 4.34. The normalized spacial score (nSPS) is 11.6. The highest BCUT2D eigenvalue weighted by atomic mass is 32.1. The van der Waals surface area contributed by atoms with Crippen LogP contribution < -0.4 is 10.6 Å². The number of nitrogens with one attached hydrogen (secondary N) is 2. The van der Waals surface area contributed by atoms with Crippen molar-refractivity contribution >= 4 is 28.9 Å². The third kappa shape index (κ3) is 4.55. The predicted molar refractivity (Wildman–Crippen MR) is 102 cm³/mol. The molecular formula is C19H22N2O2S. The number of aromatic hydroxyl groups is 1. The molecule has 1 amide bonds. The van der Waals surface area contributed by atoms with Gasteiger partial charge in [0.25, 0.3) is 5.91 Å². The lowest BCUT2D eigenvalue weighted by Gasteiger charge is -2.14. The molecule has 5 heteroatoms. The van der Waals surface area contributed by atoms with E-state index in [1.807, 2.05) is 31.2 Å². The van der Waals surface area contributed by atoms with E-state index in [9.17, 15) is 9.90 Å². The first-order chi connectivity index (χ1) is 11.4. The molecule has 0 bridgehead atoms. The zero-order valence-electron chi connectivity index (χ0n) is 14.1. The quantitative estimate of drug-likeness (QED) is 0.571. The monoisotopic (exact) mass is 342 g/mol. The number of thiocarbonyl (C=S) groups is 1. The highest BCUT2D eigenvalue weighted by Gasteiger charge is 2.11. The summed E-state index contributed by atoms with van der Waals surface area (Å²) >= 11 is 5.18. The number of hydrogen-bond donors (Lipinski definition) is 3. The van der Waals surface area contributed by atoms with Crippen LogP contribution >= 0.6 is 12.2 Å². The average Bonchev–Trinajstić information content (AvgIpc) is 2.56. The maximum atomic E-state index is 12.2. The summed E-state index contributed by atoms with van der Waals surface area (Å²) in [4.78, 5) is 12.2. The van der Waals surface area contributed by atoms with Gasteiger partial charge in [-0.2, -0.15) is 0 Å². The maximum Gasteiger partial charge on any atom is 0.257 e. The molecule has 24 heavy (non-hydrogen) atoms. The molecule has 0 aliphatic carbocycles. The molecule has 0 radical (unpaired) electrons. The van der Waals surface area contributed by atoms with Crippen LogP contribution in [0, 0.1) is 6.92 Å². The van der Waals surface area contributed by atoms with Crippen LogP contribution in [0.2, 0.25) is 0 Å². The number of phenols is 1. The van der Waals surface area contributed by atoms with Crippen LogP contribution in [0.5, 0.6) is 5.75 Å². The van der Waals surface area contributed by atoms with Crippen molar-refractivity contribution < 1.29 is 9.90 Å². The standard InChI is InChI=1S/C19H22N2O2S/c1-4-13(3)15-9-10-17(22)16(11-15)20-19(24)21-18(23)14-7-5-12(2)6-8-14/h5-11,13,22H,4H2,1-3H3,(H2,20,21,23,24)/t13-/m0/s1. The third-order valence-electron chi connectivity index (χ3n) is 3.99. The Labute approximate surface area is 147 Å². The second-order valence-electron chi connectivity index (χ2n) is 5.86. The molecule has 2 aromatic carbocycles. The number of phenolic OH excluding ortho intramolecular Hbond substituents is 1. The smallest absolute Gasteiger partial charge is 0.257 e. The van der Waals surface area contributed by atoms with Crippen molar-refractivity contribution in [1.29, 1.82) is 0 Å². The van der Waals surface area contributed by atoms with Crippen molar-refractivity contribution in [3.63, 3.8) is 0 Å². The molecule has 3 N–H and O–H groups in total. The van der Waals surface area contributed by atoms with E-state index >= 15 is 0 Å². The molecule has 0 saturated heterocycles. The van der Waals surface area contributed by atoms with Gasteiger partial charge in [0.2, 0.25) is 0 Å². The van der Waals surface area contributed by atoms with Crippen LogP contribution in [0.25, 0.3) is 0 Å². The van der Waals surface area contributed by atoms with Crippen LogP contribution in [0.15, 0.2) is 42.5 Å².